The van der Waals surface area contributed by atoms with Gasteiger partial charge in [0.1, 0.15) is 18.4 Å². The molecule has 1 N–H and O–H groups in total. The van der Waals surface area contributed by atoms with Gasteiger partial charge in [0.05, 0.1) is 18.8 Å². The van der Waals surface area contributed by atoms with Gasteiger partial charge < -0.3 is 19.7 Å². The Labute approximate surface area is 233 Å². The third-order valence-corrected chi connectivity index (χ3v) is 8.50. The molecule has 202 valence electrons. The first-order chi connectivity index (χ1) is 18.7. The largest absolute Gasteiger partial charge is 0.488 e. The number of likely N-dealkylation sites (tertiary alicyclic amines) is 1. The van der Waals surface area contributed by atoms with Crippen molar-refractivity contribution >= 4 is 45.8 Å². The van der Waals surface area contributed by atoms with Gasteiger partial charge in [-0.05, 0) is 89.5 Å². The van der Waals surface area contributed by atoms with E-state index < -0.39 is 12.1 Å². The maximum Gasteiger partial charge on any atom is 0.407 e. The molecule has 0 saturated carbocycles. The summed E-state index contributed by atoms with van der Waals surface area (Å²) < 4.78 is 10.8. The molecule has 1 saturated heterocycles. The van der Waals surface area contributed by atoms with Gasteiger partial charge in [-0.25, -0.2) is 4.79 Å². The van der Waals surface area contributed by atoms with Crippen LogP contribution in [-0.4, -0.2) is 47.8 Å². The lowest BCUT2D eigenvalue weighted by Crippen LogP contribution is -2.55. The summed E-state index contributed by atoms with van der Waals surface area (Å²) >= 11 is 6.19. The molecule has 3 aromatic carbocycles. The fraction of sp³-hybridized carbons (Fsp3) is 0.387. The van der Waals surface area contributed by atoms with Gasteiger partial charge in [-0.2, -0.15) is 0 Å². The summed E-state index contributed by atoms with van der Waals surface area (Å²) in [6.07, 6.45) is 1.84. The number of methoxy groups -OCH3 is 1. The molecule has 0 bridgehead atoms. The Kier molecular flexibility index (Phi) is 6.50. The summed E-state index contributed by atoms with van der Waals surface area (Å²) in [5.41, 5.74) is 6.51. The van der Waals surface area contributed by atoms with Gasteiger partial charge in [-0.1, -0.05) is 31.5 Å². The van der Waals surface area contributed by atoms with E-state index in [0.717, 1.165) is 46.5 Å². The van der Waals surface area contributed by atoms with Gasteiger partial charge in [0, 0.05) is 28.8 Å². The van der Waals surface area contributed by atoms with Crippen molar-refractivity contribution in [3.05, 3.63) is 58.6 Å². The molecule has 3 heterocycles. The third kappa shape index (κ3) is 4.42. The van der Waals surface area contributed by atoms with Crippen LogP contribution in [0.1, 0.15) is 44.7 Å². The van der Waals surface area contributed by atoms with Crippen molar-refractivity contribution in [1.29, 1.82) is 0 Å². The maximum atomic E-state index is 13.8. The summed E-state index contributed by atoms with van der Waals surface area (Å²) in [4.78, 5) is 32.7. The number of nitrogens with zero attached hydrogens (tertiary/aromatic N) is 2. The van der Waals surface area contributed by atoms with E-state index in [-0.39, 0.29) is 23.9 Å². The fourth-order valence-corrected chi connectivity index (χ4v) is 6.39. The number of hydrogen-bond acceptors (Lipinski definition) is 5. The normalized spacial score (nSPS) is 20.2. The van der Waals surface area contributed by atoms with Crippen LogP contribution in [0.4, 0.5) is 10.5 Å². The smallest absolute Gasteiger partial charge is 0.407 e. The highest BCUT2D eigenvalue weighted by atomic mass is 35.5. The molecule has 3 atom stereocenters. The molecule has 0 aliphatic carbocycles. The molecule has 1 fully saturated rings. The zero-order valence-electron chi connectivity index (χ0n) is 22.6. The molecule has 39 heavy (non-hydrogen) atoms. The number of halogens is 1. The van der Waals surface area contributed by atoms with Gasteiger partial charge >= 0.3 is 6.09 Å². The van der Waals surface area contributed by atoms with Crippen LogP contribution in [0.25, 0.3) is 21.9 Å². The molecular formula is C31H32ClN3O4. The van der Waals surface area contributed by atoms with Gasteiger partial charge in [-0.15, -0.1) is 0 Å². The minimum Gasteiger partial charge on any atom is -0.488 e. The monoisotopic (exact) mass is 545 g/mol. The summed E-state index contributed by atoms with van der Waals surface area (Å²) in [5.74, 6) is 0.646. The summed E-state index contributed by atoms with van der Waals surface area (Å²) in [7, 11) is 1.31. The van der Waals surface area contributed by atoms with Gasteiger partial charge in [0.2, 0.25) is 5.91 Å². The first kappa shape index (κ1) is 25.7. The number of benzene rings is 3. The Hall–Kier alpha value is -3.58. The first-order valence-electron chi connectivity index (χ1n) is 13.5. The number of carbonyl (C=O) groups is 2. The SMILES string of the molecule is COC(=O)N[C@H](C(=O)N1[C@@H](C)CC[C@H]1C1=Nc2ccc3cc4c(cc3c2C1)COc1cc(Cl)ccc1-4)C(C)C. The van der Waals surface area contributed by atoms with Crippen molar-refractivity contribution in [3.8, 4) is 16.9 Å². The maximum absolute atomic E-state index is 13.8. The second-order valence-electron chi connectivity index (χ2n) is 11.0. The Morgan fingerprint density at radius 2 is 1.95 bits per heavy atom. The minimum absolute atomic E-state index is 0.0593. The zero-order chi connectivity index (χ0) is 27.4. The van der Waals surface area contributed by atoms with E-state index in [2.05, 4.69) is 36.5 Å². The Morgan fingerprint density at radius 1 is 1.13 bits per heavy atom. The zero-order valence-corrected chi connectivity index (χ0v) is 23.3. The van der Waals surface area contributed by atoms with E-state index in [1.54, 1.807) is 0 Å². The number of nitrogens with one attached hydrogen (secondary N) is 1. The predicted octanol–water partition coefficient (Wildman–Crippen LogP) is 6.44. The minimum atomic E-state index is -0.657. The number of fused-ring (bicyclic) bond motifs is 6. The van der Waals surface area contributed by atoms with E-state index in [9.17, 15) is 9.59 Å². The third-order valence-electron chi connectivity index (χ3n) is 8.27. The molecule has 6 rings (SSSR count). The van der Waals surface area contributed by atoms with Crippen molar-refractivity contribution in [2.24, 2.45) is 10.9 Å². The lowest BCUT2D eigenvalue weighted by atomic mass is 9.90. The van der Waals surface area contributed by atoms with Crippen LogP contribution in [0.2, 0.25) is 5.02 Å². The van der Waals surface area contributed by atoms with Crippen LogP contribution >= 0.6 is 11.6 Å². The predicted molar refractivity (Wildman–Crippen MR) is 153 cm³/mol. The number of ether oxygens (including phenoxy) is 2. The average molecular weight is 546 g/mol. The van der Waals surface area contributed by atoms with Crippen molar-refractivity contribution in [3.63, 3.8) is 0 Å². The number of carbonyl (C=O) groups excluding carboxylic acids is 2. The van der Waals surface area contributed by atoms with Crippen molar-refractivity contribution in [2.75, 3.05) is 7.11 Å². The molecule has 0 radical (unpaired) electrons. The Bertz CT molecular complexity index is 1530. The Morgan fingerprint density at radius 3 is 2.72 bits per heavy atom. The second-order valence-corrected chi connectivity index (χ2v) is 11.5. The van der Waals surface area contributed by atoms with Crippen molar-refractivity contribution in [1.82, 2.24) is 10.2 Å². The summed E-state index contributed by atoms with van der Waals surface area (Å²) in [5, 5.41) is 5.73. The molecular weight excluding hydrogens is 514 g/mol. The lowest BCUT2D eigenvalue weighted by Gasteiger charge is -2.33. The molecule has 2 amide bonds. The van der Waals surface area contributed by atoms with Crippen molar-refractivity contribution in [2.45, 2.75) is 64.8 Å². The van der Waals surface area contributed by atoms with Crippen LogP contribution in [-0.2, 0) is 22.6 Å². The van der Waals surface area contributed by atoms with E-state index in [0.29, 0.717) is 18.1 Å². The van der Waals surface area contributed by atoms with Crippen LogP contribution in [0.3, 0.4) is 0 Å². The summed E-state index contributed by atoms with van der Waals surface area (Å²) in [6.45, 7) is 6.42. The number of amides is 2. The highest BCUT2D eigenvalue weighted by Gasteiger charge is 2.42. The molecule has 0 spiro atoms. The van der Waals surface area contributed by atoms with Crippen LogP contribution in [0, 0.1) is 5.92 Å². The lowest BCUT2D eigenvalue weighted by molar-refractivity contribution is -0.135. The Balaban J connectivity index is 1.31. The van der Waals surface area contributed by atoms with Gasteiger partial charge in [0.15, 0.2) is 0 Å². The molecule has 3 aromatic rings. The fourth-order valence-electron chi connectivity index (χ4n) is 6.23. The van der Waals surface area contributed by atoms with E-state index in [1.807, 2.05) is 36.9 Å². The summed E-state index contributed by atoms with van der Waals surface area (Å²) in [6, 6.07) is 13.8. The topological polar surface area (TPSA) is 80.2 Å². The molecule has 0 unspecified atom stereocenters. The molecule has 3 aliphatic heterocycles. The molecule has 7 nitrogen and oxygen atoms in total. The van der Waals surface area contributed by atoms with Crippen LogP contribution in [0.15, 0.2) is 47.5 Å². The average Bonchev–Trinajstić information content (AvgIpc) is 3.53. The van der Waals surface area contributed by atoms with Crippen LogP contribution < -0.4 is 10.1 Å². The van der Waals surface area contributed by atoms with Gasteiger partial charge in [-0.3, -0.25) is 9.79 Å². The van der Waals surface area contributed by atoms with Crippen molar-refractivity contribution < 1.29 is 19.1 Å². The van der Waals surface area contributed by atoms with Crippen LogP contribution in [0.5, 0.6) is 5.75 Å². The van der Waals surface area contributed by atoms with E-state index in [4.69, 9.17) is 26.1 Å². The highest BCUT2D eigenvalue weighted by molar-refractivity contribution is 6.30. The second kappa shape index (κ2) is 9.87. The van der Waals surface area contributed by atoms with E-state index >= 15 is 0 Å². The standard InChI is InChI=1S/C31H32ClN3O4/c1-16(2)29(34-31(37)38-4)30(36)35-17(3)5-10-27(35)26-14-24-22-12-19-15-39-28-13-20(32)7-8-21(28)23(19)11-18(22)6-9-25(24)33-26/h6-9,11-13,16-17,27,29H,5,10,14-15H2,1-4H3,(H,34,37)/t17-,27-,29-/m0/s1. The number of alkyl carbamates (subject to hydrolysis) is 1. The quantitative estimate of drug-likeness (QED) is 0.409. The highest BCUT2D eigenvalue weighted by Crippen LogP contribution is 2.43. The van der Waals surface area contributed by atoms with E-state index in [1.165, 1.54) is 23.6 Å². The first-order valence-corrected chi connectivity index (χ1v) is 13.9. The molecule has 0 aromatic heterocycles. The number of hydrogen-bond donors (Lipinski definition) is 1. The molecule has 8 heteroatoms. The molecule has 3 aliphatic rings. The number of rotatable bonds is 4. The van der Waals surface area contributed by atoms with Gasteiger partial charge in [0.25, 0.3) is 0 Å². The number of aliphatic imine (C=N–C) groups is 1.